The molecule has 1 heterocycles. The van der Waals surface area contributed by atoms with Crippen LogP contribution in [-0.4, -0.2) is 15.9 Å². The lowest BCUT2D eigenvalue weighted by Gasteiger charge is -2.10. The van der Waals surface area contributed by atoms with Gasteiger partial charge in [0.15, 0.2) is 0 Å². The van der Waals surface area contributed by atoms with Crippen molar-refractivity contribution in [3.05, 3.63) is 24.0 Å². The third-order valence-electron chi connectivity index (χ3n) is 1.96. The van der Waals surface area contributed by atoms with Crippen molar-refractivity contribution in [1.29, 1.82) is 0 Å². The summed E-state index contributed by atoms with van der Waals surface area (Å²) in [5.41, 5.74) is 7.01. The molecule has 5 heteroatoms. The van der Waals surface area contributed by atoms with Crippen molar-refractivity contribution in [1.82, 2.24) is 4.98 Å². The predicted octanol–water partition coefficient (Wildman–Crippen LogP) is 1.25. The zero-order valence-electron chi connectivity index (χ0n) is 8.65. The second-order valence-electron chi connectivity index (χ2n) is 3.36. The maximum Gasteiger partial charge on any atom is 0.234 e. The van der Waals surface area contributed by atoms with Gasteiger partial charge in [-0.2, -0.15) is 0 Å². The Kier molecular flexibility index (Phi) is 3.74. The van der Waals surface area contributed by atoms with Gasteiger partial charge in [0.1, 0.15) is 0 Å². The lowest BCUT2D eigenvalue weighted by Crippen LogP contribution is -2.30. The molecule has 1 unspecified atom stereocenters. The minimum atomic E-state index is -0.472. The zero-order valence-corrected chi connectivity index (χ0v) is 9.47. The third kappa shape index (κ3) is 3.28. The maximum absolute atomic E-state index is 11.6. The first-order valence-electron chi connectivity index (χ1n) is 4.52. The molecule has 1 rings (SSSR count). The molecule has 0 aliphatic heterocycles. The fourth-order valence-electron chi connectivity index (χ4n) is 1.00. The molecule has 1 atom stereocenters. The first-order chi connectivity index (χ1) is 7.00. The van der Waals surface area contributed by atoms with Gasteiger partial charge in [-0.3, -0.25) is 9.78 Å². The van der Waals surface area contributed by atoms with Crippen LogP contribution in [0.4, 0.5) is 5.69 Å². The molecule has 1 aromatic rings. The molecule has 4 nitrogen and oxygen atoms in total. The van der Waals surface area contributed by atoms with Crippen LogP contribution < -0.4 is 11.1 Å². The molecule has 80 valence electrons. The van der Waals surface area contributed by atoms with Gasteiger partial charge < -0.3 is 11.1 Å². The standard InChI is InChI=1S/C10H13N3OS/c1-6-3-8(5-12-4-6)13-10(14)7(2)9(11)15/h3-5,7H,1-2H3,(H2,11,15)(H,13,14). The van der Waals surface area contributed by atoms with E-state index < -0.39 is 5.92 Å². The Morgan fingerprint density at radius 1 is 1.60 bits per heavy atom. The minimum absolute atomic E-state index is 0.188. The molecular weight excluding hydrogens is 210 g/mol. The van der Waals surface area contributed by atoms with E-state index in [0.717, 1.165) is 5.56 Å². The quantitative estimate of drug-likeness (QED) is 0.757. The van der Waals surface area contributed by atoms with Crippen molar-refractivity contribution in [3.63, 3.8) is 0 Å². The van der Waals surface area contributed by atoms with E-state index in [9.17, 15) is 4.79 Å². The summed E-state index contributed by atoms with van der Waals surface area (Å²) in [6.07, 6.45) is 3.30. The highest BCUT2D eigenvalue weighted by atomic mass is 32.1. The van der Waals surface area contributed by atoms with E-state index in [1.54, 1.807) is 19.3 Å². The molecule has 0 aromatic carbocycles. The first kappa shape index (κ1) is 11.6. The van der Waals surface area contributed by atoms with Gasteiger partial charge in [0.2, 0.25) is 5.91 Å². The summed E-state index contributed by atoms with van der Waals surface area (Å²) in [5.74, 6) is -0.685. The Labute approximate surface area is 93.9 Å². The first-order valence-corrected chi connectivity index (χ1v) is 4.93. The van der Waals surface area contributed by atoms with Gasteiger partial charge in [-0.15, -0.1) is 0 Å². The highest BCUT2D eigenvalue weighted by Crippen LogP contribution is 2.09. The molecule has 3 N–H and O–H groups in total. The predicted molar refractivity (Wildman–Crippen MR) is 63.6 cm³/mol. The van der Waals surface area contributed by atoms with Crippen LogP contribution in [0, 0.1) is 12.8 Å². The number of aryl methyl sites for hydroxylation is 1. The van der Waals surface area contributed by atoms with Gasteiger partial charge in [-0.1, -0.05) is 12.2 Å². The van der Waals surface area contributed by atoms with Gasteiger partial charge in [-0.05, 0) is 25.5 Å². The normalized spacial score (nSPS) is 11.9. The van der Waals surface area contributed by atoms with Crippen molar-refractivity contribution >= 4 is 28.8 Å². The Morgan fingerprint density at radius 2 is 2.27 bits per heavy atom. The van der Waals surface area contributed by atoms with Crippen LogP contribution in [0.3, 0.4) is 0 Å². The number of nitrogens with two attached hydrogens (primary N) is 1. The molecule has 0 radical (unpaired) electrons. The van der Waals surface area contributed by atoms with E-state index in [-0.39, 0.29) is 10.9 Å². The van der Waals surface area contributed by atoms with Crippen LogP contribution >= 0.6 is 12.2 Å². The SMILES string of the molecule is Cc1cncc(NC(=O)C(C)C(N)=S)c1. The second kappa shape index (κ2) is 4.84. The van der Waals surface area contributed by atoms with Crippen LogP contribution in [0.5, 0.6) is 0 Å². The van der Waals surface area contributed by atoms with Gasteiger partial charge in [-0.25, -0.2) is 0 Å². The molecule has 0 fully saturated rings. The minimum Gasteiger partial charge on any atom is -0.393 e. The van der Waals surface area contributed by atoms with E-state index in [0.29, 0.717) is 5.69 Å². The smallest absolute Gasteiger partial charge is 0.234 e. The topological polar surface area (TPSA) is 68.0 Å². The average Bonchev–Trinajstić information content (AvgIpc) is 2.16. The van der Waals surface area contributed by atoms with Gasteiger partial charge >= 0.3 is 0 Å². The summed E-state index contributed by atoms with van der Waals surface area (Å²) in [6.45, 7) is 3.57. The number of thiocarbonyl (C=S) groups is 1. The number of nitrogens with zero attached hydrogens (tertiary/aromatic N) is 1. The van der Waals surface area contributed by atoms with Crippen molar-refractivity contribution in [2.24, 2.45) is 11.7 Å². The van der Waals surface area contributed by atoms with Crippen LogP contribution in [0.2, 0.25) is 0 Å². The fourth-order valence-corrected chi connectivity index (χ4v) is 1.11. The fraction of sp³-hybridized carbons (Fsp3) is 0.300. The second-order valence-corrected chi connectivity index (χ2v) is 3.84. The molecule has 0 saturated heterocycles. The number of carbonyl (C=O) groups excluding carboxylic acids is 1. The third-order valence-corrected chi connectivity index (χ3v) is 2.32. The van der Waals surface area contributed by atoms with E-state index in [1.165, 1.54) is 0 Å². The van der Waals surface area contributed by atoms with Gasteiger partial charge in [0, 0.05) is 6.20 Å². The summed E-state index contributed by atoms with van der Waals surface area (Å²) in [5, 5.41) is 2.69. The van der Waals surface area contributed by atoms with E-state index >= 15 is 0 Å². The van der Waals surface area contributed by atoms with Crippen molar-refractivity contribution in [2.45, 2.75) is 13.8 Å². The Hall–Kier alpha value is -1.49. The number of hydrogen-bond acceptors (Lipinski definition) is 3. The molecule has 0 saturated carbocycles. The maximum atomic E-state index is 11.6. The number of carbonyl (C=O) groups is 1. The van der Waals surface area contributed by atoms with Crippen LogP contribution in [0.25, 0.3) is 0 Å². The van der Waals surface area contributed by atoms with Crippen LogP contribution in [-0.2, 0) is 4.79 Å². The number of aromatic nitrogens is 1. The lowest BCUT2D eigenvalue weighted by atomic mass is 10.1. The monoisotopic (exact) mass is 223 g/mol. The summed E-state index contributed by atoms with van der Waals surface area (Å²) >= 11 is 4.74. The van der Waals surface area contributed by atoms with Crippen LogP contribution in [0.15, 0.2) is 18.5 Å². The van der Waals surface area contributed by atoms with E-state index in [4.69, 9.17) is 18.0 Å². The molecule has 1 aromatic heterocycles. The molecule has 0 bridgehead atoms. The molecule has 0 aliphatic rings. The summed E-state index contributed by atoms with van der Waals surface area (Å²) < 4.78 is 0. The molecule has 0 spiro atoms. The average molecular weight is 223 g/mol. The number of hydrogen-bond donors (Lipinski definition) is 2. The number of anilines is 1. The molecular formula is C10H13N3OS. The Morgan fingerprint density at radius 3 is 2.80 bits per heavy atom. The number of rotatable bonds is 3. The summed E-state index contributed by atoms with van der Waals surface area (Å²) in [6, 6.07) is 1.83. The van der Waals surface area contributed by atoms with Crippen molar-refractivity contribution < 1.29 is 4.79 Å². The summed E-state index contributed by atoms with van der Waals surface area (Å²) in [7, 11) is 0. The Balaban J connectivity index is 2.70. The van der Waals surface area contributed by atoms with E-state index in [2.05, 4.69) is 10.3 Å². The zero-order chi connectivity index (χ0) is 11.4. The molecule has 0 aliphatic carbocycles. The van der Waals surface area contributed by atoms with E-state index in [1.807, 2.05) is 13.0 Å². The highest BCUT2D eigenvalue weighted by molar-refractivity contribution is 7.80. The van der Waals surface area contributed by atoms with Crippen LogP contribution in [0.1, 0.15) is 12.5 Å². The van der Waals surface area contributed by atoms with Crippen molar-refractivity contribution in [3.8, 4) is 0 Å². The van der Waals surface area contributed by atoms with Crippen molar-refractivity contribution in [2.75, 3.05) is 5.32 Å². The number of pyridine rings is 1. The number of nitrogens with one attached hydrogen (secondary N) is 1. The lowest BCUT2D eigenvalue weighted by molar-refractivity contribution is -0.117. The summed E-state index contributed by atoms with van der Waals surface area (Å²) in [4.78, 5) is 15.7. The number of amides is 1. The largest absolute Gasteiger partial charge is 0.393 e. The van der Waals surface area contributed by atoms with Gasteiger partial charge in [0.25, 0.3) is 0 Å². The molecule has 1 amide bonds. The highest BCUT2D eigenvalue weighted by Gasteiger charge is 2.15. The Bertz CT molecular complexity index is 392. The molecule has 15 heavy (non-hydrogen) atoms. The van der Waals surface area contributed by atoms with Gasteiger partial charge in [0.05, 0.1) is 22.8 Å².